The third kappa shape index (κ3) is 3.93. The summed E-state index contributed by atoms with van der Waals surface area (Å²) in [5.41, 5.74) is 4.57. The third-order valence-corrected chi connectivity index (χ3v) is 4.96. The highest BCUT2D eigenvalue weighted by Crippen LogP contribution is 2.29. The van der Waals surface area contributed by atoms with Gasteiger partial charge in [-0.1, -0.05) is 47.6 Å². The van der Waals surface area contributed by atoms with Crippen LogP contribution >= 0.6 is 0 Å². The molecule has 0 aliphatic carbocycles. The molecule has 150 valence electrons. The van der Waals surface area contributed by atoms with Gasteiger partial charge in [0.15, 0.2) is 12.4 Å². The van der Waals surface area contributed by atoms with Gasteiger partial charge >= 0.3 is 5.97 Å². The summed E-state index contributed by atoms with van der Waals surface area (Å²) in [7, 11) is 0. The molecular weight excluding hydrogens is 380 g/mol. The van der Waals surface area contributed by atoms with E-state index in [1.165, 1.54) is 0 Å². The maximum atomic E-state index is 12.5. The van der Waals surface area contributed by atoms with E-state index >= 15 is 0 Å². The summed E-state index contributed by atoms with van der Waals surface area (Å²) < 4.78 is 10.7. The minimum absolute atomic E-state index is 0.322. The summed E-state index contributed by atoms with van der Waals surface area (Å²) in [5.74, 6) is -0.408. The number of aryl methyl sites for hydroxylation is 1. The number of ether oxygens (including phenoxy) is 1. The van der Waals surface area contributed by atoms with Crippen LogP contribution in [-0.2, 0) is 9.53 Å². The average molecular weight is 400 g/mol. The van der Waals surface area contributed by atoms with E-state index in [1.54, 1.807) is 18.2 Å². The topological polar surface area (TPSA) is 81.4 Å². The molecule has 6 nitrogen and oxygen atoms in total. The van der Waals surface area contributed by atoms with Crippen molar-refractivity contribution in [3.8, 4) is 11.3 Å². The Bertz CT molecular complexity index is 1230. The van der Waals surface area contributed by atoms with E-state index in [-0.39, 0.29) is 6.61 Å². The Hall–Kier alpha value is -3.93. The standard InChI is InChI=1S/C24H20N2O4/c1-15-7-6-10-20(16(15)2)25-22(27)14-29-24(28)18-11-12-21-19(13-18)23(30-26-21)17-8-4-3-5-9-17/h3-13H,14H2,1-2H3,(H,25,27). The van der Waals surface area contributed by atoms with Crippen LogP contribution < -0.4 is 5.32 Å². The van der Waals surface area contributed by atoms with Crippen LogP contribution in [0.2, 0.25) is 0 Å². The second-order valence-corrected chi connectivity index (χ2v) is 6.98. The van der Waals surface area contributed by atoms with E-state index < -0.39 is 11.9 Å². The highest BCUT2D eigenvalue weighted by atomic mass is 16.5. The number of carbonyl (C=O) groups excluding carboxylic acids is 2. The van der Waals surface area contributed by atoms with Crippen molar-refractivity contribution in [2.45, 2.75) is 13.8 Å². The Morgan fingerprint density at radius 1 is 1.00 bits per heavy atom. The number of benzene rings is 3. The van der Waals surface area contributed by atoms with Crippen LogP contribution in [0.1, 0.15) is 21.5 Å². The zero-order valence-corrected chi connectivity index (χ0v) is 16.6. The number of anilines is 1. The molecule has 4 rings (SSSR count). The lowest BCUT2D eigenvalue weighted by molar-refractivity contribution is -0.119. The van der Waals surface area contributed by atoms with Crippen molar-refractivity contribution in [2.24, 2.45) is 0 Å². The van der Waals surface area contributed by atoms with Gasteiger partial charge in [-0.15, -0.1) is 0 Å². The number of nitrogens with zero attached hydrogens (tertiary/aromatic N) is 1. The molecule has 30 heavy (non-hydrogen) atoms. The molecule has 0 unspecified atom stereocenters. The number of aromatic nitrogens is 1. The van der Waals surface area contributed by atoms with Crippen molar-refractivity contribution in [3.63, 3.8) is 0 Å². The van der Waals surface area contributed by atoms with Crippen LogP contribution in [-0.4, -0.2) is 23.6 Å². The Kier molecular flexibility index (Phi) is 5.30. The van der Waals surface area contributed by atoms with Gasteiger partial charge in [0, 0.05) is 11.3 Å². The van der Waals surface area contributed by atoms with E-state index in [4.69, 9.17) is 9.26 Å². The van der Waals surface area contributed by atoms with Crippen molar-refractivity contribution in [1.82, 2.24) is 5.16 Å². The molecule has 1 N–H and O–H groups in total. The molecule has 1 amide bonds. The van der Waals surface area contributed by atoms with Crippen LogP contribution in [0.3, 0.4) is 0 Å². The molecule has 1 heterocycles. The van der Waals surface area contributed by atoms with Crippen LogP contribution in [0.25, 0.3) is 22.2 Å². The monoisotopic (exact) mass is 400 g/mol. The van der Waals surface area contributed by atoms with Crippen LogP contribution in [0, 0.1) is 13.8 Å². The van der Waals surface area contributed by atoms with Gasteiger partial charge in [0.25, 0.3) is 5.91 Å². The van der Waals surface area contributed by atoms with Gasteiger partial charge in [0.05, 0.1) is 10.9 Å². The molecule has 0 atom stereocenters. The minimum atomic E-state index is -0.590. The summed E-state index contributed by atoms with van der Waals surface area (Å²) in [6.45, 7) is 3.52. The van der Waals surface area contributed by atoms with Gasteiger partial charge < -0.3 is 14.6 Å². The van der Waals surface area contributed by atoms with Crippen LogP contribution in [0.4, 0.5) is 5.69 Å². The van der Waals surface area contributed by atoms with Gasteiger partial charge in [0.2, 0.25) is 0 Å². The van der Waals surface area contributed by atoms with Crippen LogP contribution in [0.15, 0.2) is 71.3 Å². The zero-order chi connectivity index (χ0) is 21.1. The predicted molar refractivity (Wildman–Crippen MR) is 114 cm³/mol. The molecular formula is C24H20N2O4. The first-order valence-corrected chi connectivity index (χ1v) is 9.51. The molecule has 0 saturated heterocycles. The van der Waals surface area contributed by atoms with E-state index in [1.807, 2.05) is 62.4 Å². The summed E-state index contributed by atoms with van der Waals surface area (Å²) in [6.07, 6.45) is 0. The number of fused-ring (bicyclic) bond motifs is 1. The lowest BCUT2D eigenvalue weighted by Crippen LogP contribution is -2.21. The van der Waals surface area contributed by atoms with Crippen molar-refractivity contribution < 1.29 is 18.8 Å². The summed E-state index contributed by atoms with van der Waals surface area (Å²) >= 11 is 0. The van der Waals surface area contributed by atoms with Gasteiger partial charge in [-0.2, -0.15) is 0 Å². The number of nitrogens with one attached hydrogen (secondary N) is 1. The third-order valence-electron chi connectivity index (χ3n) is 4.96. The minimum Gasteiger partial charge on any atom is -0.452 e. The molecule has 6 heteroatoms. The molecule has 0 aliphatic rings. The first-order chi connectivity index (χ1) is 14.5. The summed E-state index contributed by atoms with van der Waals surface area (Å²) in [5, 5.41) is 7.52. The van der Waals surface area contributed by atoms with Crippen molar-refractivity contribution >= 4 is 28.5 Å². The second-order valence-electron chi connectivity index (χ2n) is 6.98. The second kappa shape index (κ2) is 8.21. The highest BCUT2D eigenvalue weighted by molar-refractivity contribution is 6.00. The predicted octanol–water partition coefficient (Wildman–Crippen LogP) is 4.91. The molecule has 4 aromatic rings. The molecule has 0 spiro atoms. The lowest BCUT2D eigenvalue weighted by atomic mass is 10.1. The molecule has 0 saturated carbocycles. The highest BCUT2D eigenvalue weighted by Gasteiger charge is 2.16. The van der Waals surface area contributed by atoms with E-state index in [2.05, 4.69) is 10.5 Å². The molecule has 0 fully saturated rings. The molecule has 0 aliphatic heterocycles. The van der Waals surface area contributed by atoms with Crippen molar-refractivity contribution in [3.05, 3.63) is 83.4 Å². The molecule has 3 aromatic carbocycles. The lowest BCUT2D eigenvalue weighted by Gasteiger charge is -2.10. The van der Waals surface area contributed by atoms with E-state index in [0.717, 1.165) is 16.7 Å². The maximum absolute atomic E-state index is 12.5. The van der Waals surface area contributed by atoms with E-state index in [9.17, 15) is 9.59 Å². The number of carbonyl (C=O) groups is 2. The number of esters is 1. The van der Waals surface area contributed by atoms with E-state index in [0.29, 0.717) is 27.9 Å². The number of hydrogen-bond acceptors (Lipinski definition) is 5. The maximum Gasteiger partial charge on any atom is 0.338 e. The van der Waals surface area contributed by atoms with Gasteiger partial charge in [-0.05, 0) is 49.2 Å². The van der Waals surface area contributed by atoms with Crippen molar-refractivity contribution in [1.29, 1.82) is 0 Å². The Labute approximate surface area is 173 Å². The molecule has 0 radical (unpaired) electrons. The fourth-order valence-corrected chi connectivity index (χ4v) is 3.15. The normalized spacial score (nSPS) is 10.7. The fraction of sp³-hybridized carbons (Fsp3) is 0.125. The number of hydrogen-bond donors (Lipinski definition) is 1. The average Bonchev–Trinajstić information content (AvgIpc) is 3.19. The van der Waals surface area contributed by atoms with Crippen LogP contribution in [0.5, 0.6) is 0 Å². The summed E-state index contributed by atoms with van der Waals surface area (Å²) in [4.78, 5) is 24.7. The zero-order valence-electron chi connectivity index (χ0n) is 16.6. The quantitative estimate of drug-likeness (QED) is 0.482. The fourth-order valence-electron chi connectivity index (χ4n) is 3.15. The smallest absolute Gasteiger partial charge is 0.338 e. The Morgan fingerprint density at radius 3 is 2.60 bits per heavy atom. The Balaban J connectivity index is 1.47. The largest absolute Gasteiger partial charge is 0.452 e. The summed E-state index contributed by atoms with van der Waals surface area (Å²) in [6, 6.07) is 20.1. The first kappa shape index (κ1) is 19.4. The van der Waals surface area contributed by atoms with Gasteiger partial charge in [0.1, 0.15) is 5.52 Å². The SMILES string of the molecule is Cc1cccc(NC(=O)COC(=O)c2ccc3noc(-c4ccccc4)c3c2)c1C. The van der Waals surface area contributed by atoms with Gasteiger partial charge in [-0.3, -0.25) is 4.79 Å². The first-order valence-electron chi connectivity index (χ1n) is 9.51. The van der Waals surface area contributed by atoms with Gasteiger partial charge in [-0.25, -0.2) is 4.79 Å². The molecule has 0 bridgehead atoms. The number of amides is 1. The number of rotatable bonds is 5. The molecule has 1 aromatic heterocycles. The van der Waals surface area contributed by atoms with Crippen molar-refractivity contribution in [2.75, 3.05) is 11.9 Å². The Morgan fingerprint density at radius 2 is 1.80 bits per heavy atom.